The maximum atomic E-state index is 13.1. The second-order valence-electron chi connectivity index (χ2n) is 3.52. The highest BCUT2D eigenvalue weighted by atomic mass is 19.1. The maximum Gasteiger partial charge on any atom is 0.328 e. The Labute approximate surface area is 97.0 Å². The molecular formula is C12H11FN2O2. The summed E-state index contributed by atoms with van der Waals surface area (Å²) in [7, 11) is 0. The van der Waals surface area contributed by atoms with Crippen molar-refractivity contribution in [3.63, 3.8) is 0 Å². The molecule has 0 bridgehead atoms. The molecule has 0 aliphatic carbocycles. The number of benzene rings is 1. The lowest BCUT2D eigenvalue weighted by Gasteiger charge is -2.01. The molecule has 1 N–H and O–H groups in total. The normalized spacial score (nSPS) is 11.4. The van der Waals surface area contributed by atoms with Crippen molar-refractivity contribution >= 4 is 23.1 Å². The zero-order valence-electron chi connectivity index (χ0n) is 9.22. The van der Waals surface area contributed by atoms with E-state index in [-0.39, 0.29) is 5.82 Å². The molecular weight excluding hydrogens is 223 g/mol. The summed E-state index contributed by atoms with van der Waals surface area (Å²) in [6, 6.07) is 4.30. The summed E-state index contributed by atoms with van der Waals surface area (Å²) in [6.07, 6.45) is 2.42. The van der Waals surface area contributed by atoms with Crippen LogP contribution in [0.1, 0.15) is 12.7 Å². The Kier molecular flexibility index (Phi) is 2.91. The first-order valence-corrected chi connectivity index (χ1v) is 5.18. The van der Waals surface area contributed by atoms with Gasteiger partial charge in [0.1, 0.15) is 11.6 Å². The highest BCUT2D eigenvalue weighted by molar-refractivity contribution is 5.86. The van der Waals surface area contributed by atoms with Crippen molar-refractivity contribution < 1.29 is 14.3 Å². The summed E-state index contributed by atoms with van der Waals surface area (Å²) >= 11 is 0. The van der Waals surface area contributed by atoms with Gasteiger partial charge in [-0.1, -0.05) is 0 Å². The molecule has 0 saturated carbocycles. The molecule has 2 rings (SSSR count). The highest BCUT2D eigenvalue weighted by Crippen LogP contribution is 2.18. The summed E-state index contributed by atoms with van der Waals surface area (Å²) in [4.78, 5) is 14.7. The van der Waals surface area contributed by atoms with Crippen molar-refractivity contribution in [1.29, 1.82) is 0 Å². The first kappa shape index (κ1) is 11.3. The van der Waals surface area contributed by atoms with Gasteiger partial charge in [-0.3, -0.25) is 0 Å². The summed E-state index contributed by atoms with van der Waals surface area (Å²) in [5.41, 5.74) is 1.32. The van der Waals surface area contributed by atoms with E-state index in [4.69, 9.17) is 5.11 Å². The van der Waals surface area contributed by atoms with Crippen LogP contribution in [0.5, 0.6) is 0 Å². The SMILES string of the molecule is CCn1c(/C=C/C(=O)O)nc2ccc(F)cc21. The standard InChI is InChI=1S/C12H11FN2O2/c1-2-15-10-7-8(13)3-4-9(10)14-11(15)5-6-12(16)17/h3-7H,2H2,1H3,(H,16,17)/b6-5+. The molecule has 1 aromatic carbocycles. The topological polar surface area (TPSA) is 55.1 Å². The third-order valence-corrected chi connectivity index (χ3v) is 2.43. The lowest BCUT2D eigenvalue weighted by molar-refractivity contribution is -0.131. The molecule has 0 saturated heterocycles. The molecule has 0 spiro atoms. The van der Waals surface area contributed by atoms with Gasteiger partial charge in [0.25, 0.3) is 0 Å². The number of aliphatic carboxylic acids is 1. The molecule has 17 heavy (non-hydrogen) atoms. The van der Waals surface area contributed by atoms with Gasteiger partial charge in [0, 0.05) is 12.6 Å². The van der Waals surface area contributed by atoms with Crippen molar-refractivity contribution in [2.75, 3.05) is 0 Å². The zero-order valence-corrected chi connectivity index (χ0v) is 9.22. The average molecular weight is 234 g/mol. The lowest BCUT2D eigenvalue weighted by atomic mass is 10.3. The molecule has 0 aliphatic heterocycles. The number of nitrogens with zero attached hydrogens (tertiary/aromatic N) is 2. The second-order valence-corrected chi connectivity index (χ2v) is 3.52. The monoisotopic (exact) mass is 234 g/mol. The van der Waals surface area contributed by atoms with Gasteiger partial charge in [0.15, 0.2) is 0 Å². The molecule has 0 fully saturated rings. The van der Waals surface area contributed by atoms with Crippen LogP contribution in [0.15, 0.2) is 24.3 Å². The molecule has 5 heteroatoms. The summed E-state index contributed by atoms with van der Waals surface area (Å²) in [5, 5.41) is 8.57. The molecule has 88 valence electrons. The fourth-order valence-corrected chi connectivity index (χ4v) is 1.72. The number of aromatic nitrogens is 2. The average Bonchev–Trinajstić information content (AvgIpc) is 2.63. The lowest BCUT2D eigenvalue weighted by Crippen LogP contribution is -1.97. The van der Waals surface area contributed by atoms with Crippen LogP contribution >= 0.6 is 0 Å². The molecule has 1 heterocycles. The van der Waals surface area contributed by atoms with E-state index < -0.39 is 5.97 Å². The Bertz CT molecular complexity index is 602. The van der Waals surface area contributed by atoms with E-state index in [1.807, 2.05) is 6.92 Å². The number of hydrogen-bond donors (Lipinski definition) is 1. The number of carboxylic acid groups (broad SMARTS) is 1. The van der Waals surface area contributed by atoms with E-state index in [0.29, 0.717) is 23.4 Å². The number of imidazole rings is 1. The fraction of sp³-hybridized carbons (Fsp3) is 0.167. The fourth-order valence-electron chi connectivity index (χ4n) is 1.72. The van der Waals surface area contributed by atoms with Crippen LogP contribution in [0.4, 0.5) is 4.39 Å². The Morgan fingerprint density at radius 3 is 3.00 bits per heavy atom. The number of fused-ring (bicyclic) bond motifs is 1. The van der Waals surface area contributed by atoms with Crippen molar-refractivity contribution in [3.05, 3.63) is 35.9 Å². The molecule has 0 amide bonds. The predicted molar refractivity (Wildman–Crippen MR) is 62.0 cm³/mol. The Hall–Kier alpha value is -2.17. The molecule has 0 unspecified atom stereocenters. The van der Waals surface area contributed by atoms with Gasteiger partial charge >= 0.3 is 5.97 Å². The van der Waals surface area contributed by atoms with Crippen LogP contribution < -0.4 is 0 Å². The van der Waals surface area contributed by atoms with Gasteiger partial charge in [-0.2, -0.15) is 0 Å². The summed E-state index contributed by atoms with van der Waals surface area (Å²) in [6.45, 7) is 2.49. The number of rotatable bonds is 3. The molecule has 1 aromatic heterocycles. The molecule has 0 atom stereocenters. The number of aryl methyl sites for hydroxylation is 1. The van der Waals surface area contributed by atoms with Gasteiger partial charge in [-0.25, -0.2) is 14.2 Å². The number of halogens is 1. The predicted octanol–water partition coefficient (Wildman–Crippen LogP) is 2.29. The third-order valence-electron chi connectivity index (χ3n) is 2.43. The zero-order chi connectivity index (χ0) is 12.4. The smallest absolute Gasteiger partial charge is 0.328 e. The van der Waals surface area contributed by atoms with E-state index in [2.05, 4.69) is 4.98 Å². The van der Waals surface area contributed by atoms with Gasteiger partial charge in [-0.05, 0) is 31.2 Å². The van der Waals surface area contributed by atoms with Gasteiger partial charge in [-0.15, -0.1) is 0 Å². The maximum absolute atomic E-state index is 13.1. The Morgan fingerprint density at radius 1 is 1.59 bits per heavy atom. The molecule has 2 aromatic rings. The van der Waals surface area contributed by atoms with Crippen LogP contribution in [-0.2, 0) is 11.3 Å². The van der Waals surface area contributed by atoms with Crippen LogP contribution in [0, 0.1) is 5.82 Å². The summed E-state index contributed by atoms with van der Waals surface area (Å²) in [5.74, 6) is -0.859. The van der Waals surface area contributed by atoms with Crippen molar-refractivity contribution in [1.82, 2.24) is 9.55 Å². The largest absolute Gasteiger partial charge is 0.478 e. The molecule has 0 radical (unpaired) electrons. The van der Waals surface area contributed by atoms with Crippen LogP contribution in [0.2, 0.25) is 0 Å². The van der Waals surface area contributed by atoms with Crippen LogP contribution in [0.3, 0.4) is 0 Å². The minimum absolute atomic E-state index is 0.333. The van der Waals surface area contributed by atoms with E-state index in [9.17, 15) is 9.18 Å². The molecule has 4 nitrogen and oxygen atoms in total. The number of carbonyl (C=O) groups is 1. The van der Waals surface area contributed by atoms with Crippen molar-refractivity contribution in [2.45, 2.75) is 13.5 Å². The van der Waals surface area contributed by atoms with E-state index in [1.54, 1.807) is 10.6 Å². The Morgan fingerprint density at radius 2 is 2.35 bits per heavy atom. The Balaban J connectivity index is 2.60. The highest BCUT2D eigenvalue weighted by Gasteiger charge is 2.08. The van der Waals surface area contributed by atoms with Gasteiger partial charge in [0.2, 0.25) is 0 Å². The first-order valence-electron chi connectivity index (χ1n) is 5.18. The third kappa shape index (κ3) is 2.18. The van der Waals surface area contributed by atoms with Crippen molar-refractivity contribution in [3.8, 4) is 0 Å². The van der Waals surface area contributed by atoms with Crippen LogP contribution in [-0.4, -0.2) is 20.6 Å². The minimum Gasteiger partial charge on any atom is -0.478 e. The van der Waals surface area contributed by atoms with E-state index in [0.717, 1.165) is 6.08 Å². The number of hydrogen-bond acceptors (Lipinski definition) is 2. The quantitative estimate of drug-likeness (QED) is 0.829. The minimum atomic E-state index is -1.04. The first-order chi connectivity index (χ1) is 8.11. The molecule has 0 aliphatic rings. The number of carboxylic acids is 1. The second kappa shape index (κ2) is 4.37. The summed E-state index contributed by atoms with van der Waals surface area (Å²) < 4.78 is 14.9. The van der Waals surface area contributed by atoms with Crippen LogP contribution in [0.25, 0.3) is 17.1 Å². The van der Waals surface area contributed by atoms with Gasteiger partial charge in [0.05, 0.1) is 11.0 Å². The van der Waals surface area contributed by atoms with E-state index in [1.165, 1.54) is 18.2 Å². The van der Waals surface area contributed by atoms with Gasteiger partial charge < -0.3 is 9.67 Å². The van der Waals surface area contributed by atoms with E-state index >= 15 is 0 Å². The van der Waals surface area contributed by atoms with Crippen molar-refractivity contribution in [2.24, 2.45) is 0 Å².